The summed E-state index contributed by atoms with van der Waals surface area (Å²) in [6.45, 7) is 1.68. The zero-order valence-electron chi connectivity index (χ0n) is 10.1. The third-order valence-corrected chi connectivity index (χ3v) is 2.43. The quantitative estimate of drug-likeness (QED) is 0.579. The number of furan rings is 1. The summed E-state index contributed by atoms with van der Waals surface area (Å²) in [6.07, 6.45) is 1.50. The van der Waals surface area contributed by atoms with Crippen LogP contribution in [0, 0.1) is 0 Å². The van der Waals surface area contributed by atoms with Crippen LogP contribution in [0.15, 0.2) is 46.1 Å². The highest BCUT2D eigenvalue weighted by molar-refractivity contribution is 6.00. The number of amides is 1. The molecule has 19 heavy (non-hydrogen) atoms. The molecule has 6 heteroatoms. The number of nitrogens with zero attached hydrogens (tertiary/aromatic N) is 1. The van der Waals surface area contributed by atoms with Crippen LogP contribution in [-0.4, -0.2) is 21.8 Å². The Bertz CT molecular complexity index is 618. The Labute approximate surface area is 109 Å². The molecule has 0 radical (unpaired) electrons. The maximum Gasteiger partial charge on any atom is 0.275 e. The number of carbonyl (C=O) groups excluding carboxylic acids is 1. The van der Waals surface area contributed by atoms with Crippen molar-refractivity contribution in [3.63, 3.8) is 0 Å². The van der Waals surface area contributed by atoms with Crippen molar-refractivity contribution in [2.45, 2.75) is 6.92 Å². The summed E-state index contributed by atoms with van der Waals surface area (Å²) in [7, 11) is 0. The highest BCUT2D eigenvalue weighted by atomic mass is 16.3. The second-order valence-electron chi connectivity index (χ2n) is 3.82. The van der Waals surface area contributed by atoms with Crippen LogP contribution in [0.4, 0.5) is 0 Å². The lowest BCUT2D eigenvalue weighted by molar-refractivity contribution is 0.0952. The van der Waals surface area contributed by atoms with Gasteiger partial charge in [0.05, 0.1) is 11.8 Å². The zero-order chi connectivity index (χ0) is 13.8. The number of phenolic OH excluding ortho intramolecular Hbond substituents is 2. The molecule has 0 saturated heterocycles. The molecule has 6 nitrogen and oxygen atoms in total. The standard InChI is InChI=1S/C13H12N2O4/c1-8(12-3-2-6-19-12)14-15-13(18)10-5-4-9(16)7-11(10)17/h2-7,16-17H,1H3,(H,15,18)/b14-8+. The molecule has 0 unspecified atom stereocenters. The molecule has 98 valence electrons. The van der Waals surface area contributed by atoms with Crippen molar-refractivity contribution in [1.82, 2.24) is 5.43 Å². The minimum atomic E-state index is -0.580. The average molecular weight is 260 g/mol. The molecule has 0 fully saturated rings. The van der Waals surface area contributed by atoms with Gasteiger partial charge < -0.3 is 14.6 Å². The summed E-state index contributed by atoms with van der Waals surface area (Å²) >= 11 is 0. The Kier molecular flexibility index (Phi) is 3.51. The van der Waals surface area contributed by atoms with Crippen LogP contribution in [0.3, 0.4) is 0 Å². The van der Waals surface area contributed by atoms with Gasteiger partial charge in [-0.2, -0.15) is 5.10 Å². The van der Waals surface area contributed by atoms with Crippen LogP contribution >= 0.6 is 0 Å². The van der Waals surface area contributed by atoms with Crippen LogP contribution in [0.25, 0.3) is 0 Å². The second kappa shape index (κ2) is 5.26. The molecule has 3 N–H and O–H groups in total. The smallest absolute Gasteiger partial charge is 0.275 e. The predicted molar refractivity (Wildman–Crippen MR) is 68.2 cm³/mol. The summed E-state index contributed by atoms with van der Waals surface area (Å²) in [5.74, 6) is -0.480. The van der Waals surface area contributed by atoms with Gasteiger partial charge in [-0.25, -0.2) is 5.43 Å². The molecule has 0 aliphatic rings. The molecule has 0 aliphatic heterocycles. The molecule has 2 aromatic rings. The van der Waals surface area contributed by atoms with E-state index in [0.29, 0.717) is 11.5 Å². The first kappa shape index (κ1) is 12.7. The van der Waals surface area contributed by atoms with E-state index in [1.807, 2.05) is 0 Å². The second-order valence-corrected chi connectivity index (χ2v) is 3.82. The van der Waals surface area contributed by atoms with Crippen LogP contribution < -0.4 is 5.43 Å². The summed E-state index contributed by atoms with van der Waals surface area (Å²) in [6, 6.07) is 7.11. The summed E-state index contributed by atoms with van der Waals surface area (Å²) in [5.41, 5.74) is 2.81. The van der Waals surface area contributed by atoms with Crippen molar-refractivity contribution in [3.05, 3.63) is 47.9 Å². The molecule has 0 saturated carbocycles. The van der Waals surface area contributed by atoms with E-state index in [-0.39, 0.29) is 17.1 Å². The molecular weight excluding hydrogens is 248 g/mol. The fourth-order valence-corrected chi connectivity index (χ4v) is 1.45. The van der Waals surface area contributed by atoms with E-state index in [1.165, 1.54) is 18.4 Å². The highest BCUT2D eigenvalue weighted by Crippen LogP contribution is 2.22. The average Bonchev–Trinajstić information content (AvgIpc) is 2.89. The molecule has 0 aliphatic carbocycles. The van der Waals surface area contributed by atoms with Crippen molar-refractivity contribution in [3.8, 4) is 11.5 Å². The van der Waals surface area contributed by atoms with E-state index >= 15 is 0 Å². The van der Waals surface area contributed by atoms with E-state index in [1.54, 1.807) is 19.1 Å². The van der Waals surface area contributed by atoms with Gasteiger partial charge in [-0.3, -0.25) is 4.79 Å². The summed E-state index contributed by atoms with van der Waals surface area (Å²) < 4.78 is 5.11. The van der Waals surface area contributed by atoms with Gasteiger partial charge in [0.2, 0.25) is 0 Å². The van der Waals surface area contributed by atoms with E-state index < -0.39 is 5.91 Å². The third-order valence-electron chi connectivity index (χ3n) is 2.43. The van der Waals surface area contributed by atoms with E-state index in [4.69, 9.17) is 9.52 Å². The van der Waals surface area contributed by atoms with E-state index in [2.05, 4.69) is 10.5 Å². The van der Waals surface area contributed by atoms with Gasteiger partial charge in [-0.1, -0.05) is 0 Å². The molecule has 1 aromatic carbocycles. The number of phenols is 2. The Morgan fingerprint density at radius 2 is 2.11 bits per heavy atom. The number of carbonyl (C=O) groups is 1. The molecule has 0 bridgehead atoms. The van der Waals surface area contributed by atoms with Crippen LogP contribution in [0.5, 0.6) is 11.5 Å². The largest absolute Gasteiger partial charge is 0.508 e. The van der Waals surface area contributed by atoms with Crippen molar-refractivity contribution < 1.29 is 19.4 Å². The van der Waals surface area contributed by atoms with Gasteiger partial charge in [0.25, 0.3) is 5.91 Å². The normalized spacial score (nSPS) is 11.3. The molecular formula is C13H12N2O4. The van der Waals surface area contributed by atoms with Gasteiger partial charge in [0.1, 0.15) is 23.0 Å². The van der Waals surface area contributed by atoms with Gasteiger partial charge in [0, 0.05) is 6.07 Å². The Morgan fingerprint density at radius 3 is 2.74 bits per heavy atom. The van der Waals surface area contributed by atoms with E-state index in [0.717, 1.165) is 6.07 Å². The summed E-state index contributed by atoms with van der Waals surface area (Å²) in [5, 5.41) is 22.5. The first-order chi connectivity index (χ1) is 9.08. The number of nitrogens with one attached hydrogen (secondary N) is 1. The van der Waals surface area contributed by atoms with Crippen molar-refractivity contribution >= 4 is 11.6 Å². The Balaban J connectivity index is 2.11. The SMILES string of the molecule is C/C(=N\NC(=O)c1ccc(O)cc1O)c1ccco1. The Morgan fingerprint density at radius 1 is 1.32 bits per heavy atom. The maximum absolute atomic E-state index is 11.8. The highest BCUT2D eigenvalue weighted by Gasteiger charge is 2.11. The van der Waals surface area contributed by atoms with Gasteiger partial charge >= 0.3 is 0 Å². The van der Waals surface area contributed by atoms with Crippen molar-refractivity contribution in [2.24, 2.45) is 5.10 Å². The minimum absolute atomic E-state index is 0.0220. The molecule has 2 rings (SSSR count). The molecule has 1 amide bonds. The lowest BCUT2D eigenvalue weighted by Gasteiger charge is -2.04. The third kappa shape index (κ3) is 2.92. The minimum Gasteiger partial charge on any atom is -0.508 e. The molecule has 1 aromatic heterocycles. The number of hydrogen-bond donors (Lipinski definition) is 3. The first-order valence-corrected chi connectivity index (χ1v) is 5.48. The van der Waals surface area contributed by atoms with E-state index in [9.17, 15) is 9.90 Å². The lowest BCUT2D eigenvalue weighted by Crippen LogP contribution is -2.19. The van der Waals surface area contributed by atoms with Gasteiger partial charge in [-0.05, 0) is 31.2 Å². The lowest BCUT2D eigenvalue weighted by atomic mass is 10.2. The number of aromatic hydroxyl groups is 2. The van der Waals surface area contributed by atoms with Gasteiger partial charge in [0.15, 0.2) is 0 Å². The maximum atomic E-state index is 11.8. The summed E-state index contributed by atoms with van der Waals surface area (Å²) in [4.78, 5) is 11.8. The fourth-order valence-electron chi connectivity index (χ4n) is 1.45. The van der Waals surface area contributed by atoms with Crippen LogP contribution in [0.2, 0.25) is 0 Å². The predicted octanol–water partition coefficient (Wildman–Crippen LogP) is 1.84. The van der Waals surface area contributed by atoms with Crippen LogP contribution in [0.1, 0.15) is 23.0 Å². The molecule has 0 spiro atoms. The van der Waals surface area contributed by atoms with Crippen molar-refractivity contribution in [1.29, 1.82) is 0 Å². The molecule has 1 heterocycles. The van der Waals surface area contributed by atoms with Gasteiger partial charge in [-0.15, -0.1) is 0 Å². The number of rotatable bonds is 3. The molecule has 0 atom stereocenters. The van der Waals surface area contributed by atoms with Crippen LogP contribution in [-0.2, 0) is 0 Å². The monoisotopic (exact) mass is 260 g/mol. The Hall–Kier alpha value is -2.76. The topological polar surface area (TPSA) is 95.1 Å². The number of hydrazone groups is 1. The van der Waals surface area contributed by atoms with Crippen molar-refractivity contribution in [2.75, 3.05) is 0 Å². The first-order valence-electron chi connectivity index (χ1n) is 5.48. The number of benzene rings is 1. The zero-order valence-corrected chi connectivity index (χ0v) is 10.1. The number of hydrogen-bond acceptors (Lipinski definition) is 5. The fraction of sp³-hybridized carbons (Fsp3) is 0.0769.